The highest BCUT2D eigenvalue weighted by molar-refractivity contribution is 5.81. The lowest BCUT2D eigenvalue weighted by atomic mass is 10.2. The number of hydrogen-bond acceptors (Lipinski definition) is 9. The maximum absolute atomic E-state index is 5.55. The second kappa shape index (κ2) is 11.3. The molecule has 0 unspecified atom stereocenters. The SMILES string of the molecule is CCOc1ccc(/C=N\Nc2nc(Nc3ccccc3)nc(Nc3ccccc3)n2)cc1OC. The molecular weight excluding hydrogens is 430 g/mol. The van der Waals surface area contributed by atoms with Crippen LogP contribution in [0.4, 0.5) is 29.2 Å². The zero-order valence-corrected chi connectivity index (χ0v) is 18.9. The largest absolute Gasteiger partial charge is 0.493 e. The summed E-state index contributed by atoms with van der Waals surface area (Å²) in [7, 11) is 1.60. The molecular formula is C25H25N7O2. The molecule has 0 bridgehead atoms. The smallest absolute Gasteiger partial charge is 0.250 e. The van der Waals surface area contributed by atoms with Crippen LogP contribution >= 0.6 is 0 Å². The first-order valence-electron chi connectivity index (χ1n) is 10.7. The van der Waals surface area contributed by atoms with Crippen LogP contribution in [0.25, 0.3) is 0 Å². The van der Waals surface area contributed by atoms with E-state index < -0.39 is 0 Å². The first-order valence-corrected chi connectivity index (χ1v) is 10.7. The fourth-order valence-electron chi connectivity index (χ4n) is 3.04. The minimum Gasteiger partial charge on any atom is -0.493 e. The van der Waals surface area contributed by atoms with Gasteiger partial charge in [0.15, 0.2) is 11.5 Å². The summed E-state index contributed by atoms with van der Waals surface area (Å²) in [5, 5.41) is 10.7. The predicted molar refractivity (Wildman–Crippen MR) is 135 cm³/mol. The Morgan fingerprint density at radius 2 is 1.35 bits per heavy atom. The number of rotatable bonds is 10. The Hall–Kier alpha value is -4.66. The fourth-order valence-corrected chi connectivity index (χ4v) is 3.04. The van der Waals surface area contributed by atoms with Crippen molar-refractivity contribution in [1.82, 2.24) is 15.0 Å². The van der Waals surface area contributed by atoms with Crippen LogP contribution < -0.4 is 25.5 Å². The van der Waals surface area contributed by atoms with E-state index in [1.165, 1.54) is 0 Å². The van der Waals surface area contributed by atoms with Gasteiger partial charge in [-0.25, -0.2) is 5.43 Å². The Morgan fingerprint density at radius 1 is 0.765 bits per heavy atom. The number of hydrogen-bond donors (Lipinski definition) is 3. The molecule has 1 heterocycles. The lowest BCUT2D eigenvalue weighted by Crippen LogP contribution is -2.07. The third-order valence-corrected chi connectivity index (χ3v) is 4.56. The molecule has 4 rings (SSSR count). The molecule has 0 fully saturated rings. The summed E-state index contributed by atoms with van der Waals surface area (Å²) in [4.78, 5) is 13.3. The summed E-state index contributed by atoms with van der Waals surface area (Å²) in [6.45, 7) is 2.48. The van der Waals surface area contributed by atoms with Crippen molar-refractivity contribution in [2.24, 2.45) is 5.10 Å². The van der Waals surface area contributed by atoms with Crippen molar-refractivity contribution in [2.45, 2.75) is 6.92 Å². The van der Waals surface area contributed by atoms with Gasteiger partial charge in [0.25, 0.3) is 0 Å². The molecule has 0 atom stereocenters. The molecule has 34 heavy (non-hydrogen) atoms. The maximum atomic E-state index is 5.55. The standard InChI is InChI=1S/C25H25N7O2/c1-3-34-21-15-14-18(16-22(21)33-2)17-26-32-25-30-23(27-19-10-6-4-7-11-19)29-24(31-25)28-20-12-8-5-9-13-20/h4-17H,3H2,1-2H3,(H3,27,28,29,30,31,32)/b26-17-. The van der Waals surface area contributed by atoms with Gasteiger partial charge in [0.2, 0.25) is 17.8 Å². The number of hydrazone groups is 1. The summed E-state index contributed by atoms with van der Waals surface area (Å²) in [5.74, 6) is 2.34. The maximum Gasteiger partial charge on any atom is 0.250 e. The van der Waals surface area contributed by atoms with Gasteiger partial charge in [0.1, 0.15) is 0 Å². The topological polar surface area (TPSA) is 106 Å². The minimum atomic E-state index is 0.279. The van der Waals surface area contributed by atoms with Crippen LogP contribution in [0.1, 0.15) is 12.5 Å². The van der Waals surface area contributed by atoms with Crippen molar-refractivity contribution in [3.8, 4) is 11.5 Å². The lowest BCUT2D eigenvalue weighted by Gasteiger charge is -2.10. The molecule has 3 N–H and O–H groups in total. The van der Waals surface area contributed by atoms with Crippen LogP contribution in [0.2, 0.25) is 0 Å². The van der Waals surface area contributed by atoms with Gasteiger partial charge in [-0.2, -0.15) is 20.1 Å². The third-order valence-electron chi connectivity index (χ3n) is 4.56. The van der Waals surface area contributed by atoms with Crippen molar-refractivity contribution in [2.75, 3.05) is 29.8 Å². The average Bonchev–Trinajstić information content (AvgIpc) is 2.86. The molecule has 0 radical (unpaired) electrons. The molecule has 9 heteroatoms. The molecule has 1 aromatic heterocycles. The van der Waals surface area contributed by atoms with E-state index in [9.17, 15) is 0 Å². The van der Waals surface area contributed by atoms with E-state index in [2.05, 4.69) is 36.1 Å². The highest BCUT2D eigenvalue weighted by atomic mass is 16.5. The molecule has 3 aromatic carbocycles. The van der Waals surface area contributed by atoms with Crippen LogP contribution in [-0.4, -0.2) is 34.9 Å². The van der Waals surface area contributed by atoms with Gasteiger partial charge in [-0.1, -0.05) is 36.4 Å². The summed E-state index contributed by atoms with van der Waals surface area (Å²) >= 11 is 0. The summed E-state index contributed by atoms with van der Waals surface area (Å²) in [5.41, 5.74) is 5.42. The highest BCUT2D eigenvalue weighted by Crippen LogP contribution is 2.27. The van der Waals surface area contributed by atoms with Crippen molar-refractivity contribution >= 4 is 35.4 Å². The molecule has 0 aliphatic heterocycles. The molecule has 4 aromatic rings. The Bertz CT molecular complexity index is 1170. The molecule has 0 amide bonds. The monoisotopic (exact) mass is 455 g/mol. The number of ether oxygens (including phenoxy) is 2. The molecule has 9 nitrogen and oxygen atoms in total. The van der Waals surface area contributed by atoms with E-state index in [0.29, 0.717) is 30.0 Å². The van der Waals surface area contributed by atoms with Crippen LogP contribution in [0, 0.1) is 0 Å². The number of aromatic nitrogens is 3. The number of anilines is 5. The van der Waals surface area contributed by atoms with Crippen LogP contribution in [0.15, 0.2) is 84.0 Å². The summed E-state index contributed by atoms with van der Waals surface area (Å²) < 4.78 is 10.9. The third kappa shape index (κ3) is 6.19. The molecule has 0 saturated heterocycles. The van der Waals surface area contributed by atoms with Gasteiger partial charge in [-0.15, -0.1) is 0 Å². The number of nitrogens with zero attached hydrogens (tertiary/aromatic N) is 4. The molecule has 172 valence electrons. The van der Waals surface area contributed by atoms with Gasteiger partial charge < -0.3 is 20.1 Å². The fraction of sp³-hybridized carbons (Fsp3) is 0.120. The van der Waals surface area contributed by atoms with Crippen LogP contribution in [-0.2, 0) is 0 Å². The first-order chi connectivity index (χ1) is 16.7. The van der Waals surface area contributed by atoms with Crippen LogP contribution in [0.3, 0.4) is 0 Å². The van der Waals surface area contributed by atoms with Crippen molar-refractivity contribution in [3.63, 3.8) is 0 Å². The van der Waals surface area contributed by atoms with Gasteiger partial charge in [0.05, 0.1) is 19.9 Å². The quantitative estimate of drug-likeness (QED) is 0.221. The van der Waals surface area contributed by atoms with E-state index >= 15 is 0 Å². The lowest BCUT2D eigenvalue weighted by molar-refractivity contribution is 0.311. The molecule has 0 aliphatic carbocycles. The van der Waals surface area contributed by atoms with E-state index in [1.807, 2.05) is 85.8 Å². The number of para-hydroxylation sites is 2. The van der Waals surface area contributed by atoms with Gasteiger partial charge in [-0.3, -0.25) is 0 Å². The zero-order chi connectivity index (χ0) is 23.6. The summed E-state index contributed by atoms with van der Waals surface area (Å²) in [6, 6.07) is 24.9. The number of methoxy groups -OCH3 is 1. The second-order valence-electron chi connectivity index (χ2n) is 7.00. The van der Waals surface area contributed by atoms with Gasteiger partial charge >= 0.3 is 0 Å². The first kappa shape index (κ1) is 22.5. The molecule has 0 saturated carbocycles. The number of benzene rings is 3. The van der Waals surface area contributed by atoms with Gasteiger partial charge in [-0.05, 0) is 55.0 Å². The second-order valence-corrected chi connectivity index (χ2v) is 7.00. The van der Waals surface area contributed by atoms with E-state index in [1.54, 1.807) is 13.3 Å². The van der Waals surface area contributed by atoms with E-state index in [-0.39, 0.29) is 5.95 Å². The zero-order valence-electron chi connectivity index (χ0n) is 18.9. The minimum absolute atomic E-state index is 0.279. The Labute approximate surface area is 197 Å². The van der Waals surface area contributed by atoms with Crippen molar-refractivity contribution in [3.05, 3.63) is 84.4 Å². The van der Waals surface area contributed by atoms with Gasteiger partial charge in [0, 0.05) is 11.4 Å². The Balaban J connectivity index is 1.54. The predicted octanol–water partition coefficient (Wildman–Crippen LogP) is 5.21. The average molecular weight is 456 g/mol. The number of nitrogens with one attached hydrogen (secondary N) is 3. The Kier molecular flexibility index (Phi) is 7.47. The van der Waals surface area contributed by atoms with E-state index in [0.717, 1.165) is 16.9 Å². The normalized spacial score (nSPS) is 10.6. The molecule has 0 aliphatic rings. The highest BCUT2D eigenvalue weighted by Gasteiger charge is 2.08. The van der Waals surface area contributed by atoms with E-state index in [4.69, 9.17) is 9.47 Å². The Morgan fingerprint density at radius 3 is 1.91 bits per heavy atom. The molecule has 0 spiro atoms. The van der Waals surface area contributed by atoms with Crippen LogP contribution in [0.5, 0.6) is 11.5 Å². The summed E-state index contributed by atoms with van der Waals surface area (Å²) in [6.07, 6.45) is 1.65. The van der Waals surface area contributed by atoms with Crippen molar-refractivity contribution < 1.29 is 9.47 Å². The van der Waals surface area contributed by atoms with Crippen molar-refractivity contribution in [1.29, 1.82) is 0 Å².